The van der Waals surface area contributed by atoms with Gasteiger partial charge < -0.3 is 9.64 Å². The van der Waals surface area contributed by atoms with Crippen LogP contribution in [0.3, 0.4) is 0 Å². The Kier molecular flexibility index (Phi) is 3.96. The van der Waals surface area contributed by atoms with Gasteiger partial charge in [0.25, 0.3) is 0 Å². The second-order valence-corrected chi connectivity index (χ2v) is 3.46. The van der Waals surface area contributed by atoms with Crippen molar-refractivity contribution >= 4 is 5.91 Å². The molecule has 1 atom stereocenters. The van der Waals surface area contributed by atoms with Crippen LogP contribution in [0.4, 0.5) is 0 Å². The Morgan fingerprint density at radius 1 is 1.62 bits per heavy atom. The summed E-state index contributed by atoms with van der Waals surface area (Å²) < 4.78 is 5.35. The smallest absolute Gasteiger partial charge is 0.246 e. The minimum absolute atomic E-state index is 0.0971. The molecule has 13 heavy (non-hydrogen) atoms. The number of carbonyl (C=O) groups is 1. The molecular weight excluding hydrogens is 166 g/mol. The highest BCUT2D eigenvalue weighted by Crippen LogP contribution is 2.06. The summed E-state index contributed by atoms with van der Waals surface area (Å²) in [6, 6.07) is 0. The molecular formula is C10H17NO2. The van der Waals surface area contributed by atoms with Crippen molar-refractivity contribution < 1.29 is 9.53 Å². The second kappa shape index (κ2) is 5.02. The van der Waals surface area contributed by atoms with Crippen LogP contribution in [0, 0.1) is 5.92 Å². The van der Waals surface area contributed by atoms with E-state index < -0.39 is 0 Å². The Morgan fingerprint density at radius 3 is 3.08 bits per heavy atom. The third kappa shape index (κ3) is 3.19. The Hall–Kier alpha value is -0.830. The molecule has 0 aromatic rings. The van der Waals surface area contributed by atoms with Gasteiger partial charge in [-0.1, -0.05) is 13.0 Å². The van der Waals surface area contributed by atoms with E-state index in [9.17, 15) is 4.79 Å². The molecule has 0 aromatic carbocycles. The van der Waals surface area contributed by atoms with Gasteiger partial charge in [0.2, 0.25) is 5.91 Å². The SMILES string of the molecule is C/C=C/C(=O)N1CCOCC(C)C1. The summed E-state index contributed by atoms with van der Waals surface area (Å²) in [5.74, 6) is 0.538. The van der Waals surface area contributed by atoms with E-state index in [1.807, 2.05) is 11.8 Å². The number of carbonyl (C=O) groups excluding carboxylic acids is 1. The molecule has 0 spiro atoms. The first-order valence-corrected chi connectivity index (χ1v) is 4.73. The number of amides is 1. The molecule has 0 aliphatic carbocycles. The average Bonchev–Trinajstić information content (AvgIpc) is 2.30. The summed E-state index contributed by atoms with van der Waals surface area (Å²) in [4.78, 5) is 13.3. The largest absolute Gasteiger partial charge is 0.379 e. The van der Waals surface area contributed by atoms with E-state index >= 15 is 0 Å². The van der Waals surface area contributed by atoms with Gasteiger partial charge in [0.15, 0.2) is 0 Å². The van der Waals surface area contributed by atoms with Gasteiger partial charge in [0.1, 0.15) is 0 Å². The first-order valence-electron chi connectivity index (χ1n) is 4.73. The Labute approximate surface area is 79.4 Å². The first kappa shape index (κ1) is 10.3. The van der Waals surface area contributed by atoms with Crippen molar-refractivity contribution in [3.8, 4) is 0 Å². The maximum Gasteiger partial charge on any atom is 0.246 e. The molecule has 1 rings (SSSR count). The molecule has 0 aromatic heterocycles. The van der Waals surface area contributed by atoms with Crippen LogP contribution in [-0.2, 0) is 9.53 Å². The highest BCUT2D eigenvalue weighted by atomic mass is 16.5. The van der Waals surface area contributed by atoms with Crippen molar-refractivity contribution in [1.82, 2.24) is 4.90 Å². The summed E-state index contributed by atoms with van der Waals surface area (Å²) in [5.41, 5.74) is 0. The van der Waals surface area contributed by atoms with Crippen LogP contribution in [0.15, 0.2) is 12.2 Å². The zero-order chi connectivity index (χ0) is 9.68. The van der Waals surface area contributed by atoms with Crippen molar-refractivity contribution in [2.75, 3.05) is 26.3 Å². The van der Waals surface area contributed by atoms with Gasteiger partial charge in [-0.3, -0.25) is 4.79 Å². The lowest BCUT2D eigenvalue weighted by molar-refractivity contribution is -0.126. The molecule has 0 saturated carbocycles. The van der Waals surface area contributed by atoms with Crippen LogP contribution >= 0.6 is 0 Å². The van der Waals surface area contributed by atoms with Crippen molar-refractivity contribution in [2.45, 2.75) is 13.8 Å². The fraction of sp³-hybridized carbons (Fsp3) is 0.700. The van der Waals surface area contributed by atoms with Gasteiger partial charge in [0.05, 0.1) is 13.2 Å². The topological polar surface area (TPSA) is 29.5 Å². The number of ether oxygens (including phenoxy) is 1. The Bertz CT molecular complexity index is 201. The third-order valence-corrected chi connectivity index (χ3v) is 2.06. The van der Waals surface area contributed by atoms with Crippen LogP contribution < -0.4 is 0 Å². The number of hydrogen-bond acceptors (Lipinski definition) is 2. The van der Waals surface area contributed by atoms with Gasteiger partial charge in [-0.05, 0) is 18.9 Å². The number of hydrogen-bond donors (Lipinski definition) is 0. The van der Waals surface area contributed by atoms with Crippen molar-refractivity contribution in [3.05, 3.63) is 12.2 Å². The molecule has 1 unspecified atom stereocenters. The van der Waals surface area contributed by atoms with Crippen LogP contribution in [0.2, 0.25) is 0 Å². The third-order valence-electron chi connectivity index (χ3n) is 2.06. The minimum atomic E-state index is 0.0971. The van der Waals surface area contributed by atoms with Gasteiger partial charge in [-0.15, -0.1) is 0 Å². The molecule has 1 saturated heterocycles. The average molecular weight is 183 g/mol. The fourth-order valence-electron chi connectivity index (χ4n) is 1.43. The molecule has 0 bridgehead atoms. The molecule has 0 radical (unpaired) electrons. The molecule has 0 N–H and O–H groups in total. The van der Waals surface area contributed by atoms with Gasteiger partial charge in [-0.25, -0.2) is 0 Å². The minimum Gasteiger partial charge on any atom is -0.379 e. The zero-order valence-corrected chi connectivity index (χ0v) is 8.32. The van der Waals surface area contributed by atoms with E-state index in [0.29, 0.717) is 19.1 Å². The molecule has 3 nitrogen and oxygen atoms in total. The van der Waals surface area contributed by atoms with E-state index in [1.165, 1.54) is 0 Å². The number of nitrogens with zero attached hydrogens (tertiary/aromatic N) is 1. The van der Waals surface area contributed by atoms with E-state index in [2.05, 4.69) is 6.92 Å². The lowest BCUT2D eigenvalue weighted by Gasteiger charge is -2.19. The van der Waals surface area contributed by atoms with E-state index in [1.54, 1.807) is 12.2 Å². The first-order chi connectivity index (χ1) is 6.24. The predicted octanol–water partition coefficient (Wildman–Crippen LogP) is 1.06. The fourth-order valence-corrected chi connectivity index (χ4v) is 1.43. The highest BCUT2D eigenvalue weighted by Gasteiger charge is 2.17. The van der Waals surface area contributed by atoms with E-state index in [0.717, 1.165) is 13.2 Å². The van der Waals surface area contributed by atoms with E-state index in [-0.39, 0.29) is 5.91 Å². The van der Waals surface area contributed by atoms with Gasteiger partial charge in [-0.2, -0.15) is 0 Å². The van der Waals surface area contributed by atoms with Crippen molar-refractivity contribution in [2.24, 2.45) is 5.92 Å². The monoisotopic (exact) mass is 183 g/mol. The lowest BCUT2D eigenvalue weighted by atomic mass is 10.2. The Balaban J connectivity index is 2.51. The number of allylic oxidation sites excluding steroid dienone is 1. The molecule has 1 aliphatic heterocycles. The van der Waals surface area contributed by atoms with Crippen molar-refractivity contribution in [1.29, 1.82) is 0 Å². The highest BCUT2D eigenvalue weighted by molar-refractivity contribution is 5.87. The van der Waals surface area contributed by atoms with Crippen molar-refractivity contribution in [3.63, 3.8) is 0 Å². The zero-order valence-electron chi connectivity index (χ0n) is 8.32. The lowest BCUT2D eigenvalue weighted by Crippen LogP contribution is -2.33. The molecule has 1 fully saturated rings. The van der Waals surface area contributed by atoms with Crippen LogP contribution in [-0.4, -0.2) is 37.1 Å². The maximum absolute atomic E-state index is 11.5. The molecule has 74 valence electrons. The normalized spacial score (nSPS) is 24.8. The summed E-state index contributed by atoms with van der Waals surface area (Å²) in [7, 11) is 0. The molecule has 1 amide bonds. The Morgan fingerprint density at radius 2 is 2.38 bits per heavy atom. The summed E-state index contributed by atoms with van der Waals surface area (Å²) in [6.45, 7) is 6.90. The number of rotatable bonds is 1. The summed E-state index contributed by atoms with van der Waals surface area (Å²) in [5, 5.41) is 0. The van der Waals surface area contributed by atoms with Crippen LogP contribution in [0.1, 0.15) is 13.8 Å². The van der Waals surface area contributed by atoms with E-state index in [4.69, 9.17) is 4.74 Å². The quantitative estimate of drug-likeness (QED) is 0.569. The van der Waals surface area contributed by atoms with Gasteiger partial charge >= 0.3 is 0 Å². The molecule has 1 heterocycles. The van der Waals surface area contributed by atoms with Crippen LogP contribution in [0.25, 0.3) is 0 Å². The molecule has 1 aliphatic rings. The maximum atomic E-state index is 11.5. The summed E-state index contributed by atoms with van der Waals surface area (Å²) in [6.07, 6.45) is 3.39. The second-order valence-electron chi connectivity index (χ2n) is 3.46. The van der Waals surface area contributed by atoms with Crippen LogP contribution in [0.5, 0.6) is 0 Å². The molecule has 3 heteroatoms. The van der Waals surface area contributed by atoms with Gasteiger partial charge in [0, 0.05) is 13.1 Å². The predicted molar refractivity (Wildman–Crippen MR) is 51.4 cm³/mol. The summed E-state index contributed by atoms with van der Waals surface area (Å²) >= 11 is 0. The standard InChI is InChI=1S/C10H17NO2/c1-3-4-10(12)11-5-6-13-8-9(2)7-11/h3-4,9H,5-8H2,1-2H3/b4-3+.